The van der Waals surface area contributed by atoms with Crippen molar-refractivity contribution in [1.29, 1.82) is 0 Å². The molecule has 0 radical (unpaired) electrons. The Hall–Kier alpha value is -2.55. The molecule has 0 aliphatic carbocycles. The first kappa shape index (κ1) is 22.6. The first-order valence-electron chi connectivity index (χ1n) is 10.8. The van der Waals surface area contributed by atoms with Gasteiger partial charge in [-0.1, -0.05) is 18.2 Å². The lowest BCUT2D eigenvalue weighted by molar-refractivity contribution is 0.342. The van der Waals surface area contributed by atoms with Gasteiger partial charge in [-0.3, -0.25) is 4.72 Å². The molecule has 1 fully saturated rings. The molecular weight excluding hydrogens is 442 g/mol. The summed E-state index contributed by atoms with van der Waals surface area (Å²) in [5.74, 6) is 0.520. The molecule has 0 bridgehead atoms. The second kappa shape index (κ2) is 9.52. The molecule has 1 aliphatic rings. The highest BCUT2D eigenvalue weighted by atomic mass is 32.2. The molecule has 2 aromatic carbocycles. The van der Waals surface area contributed by atoms with Crippen LogP contribution in [0.1, 0.15) is 20.8 Å². The van der Waals surface area contributed by atoms with Crippen molar-refractivity contribution < 1.29 is 13.2 Å². The monoisotopic (exact) mass is 471 g/mol. The molecule has 1 aromatic heterocycles. The standard InChI is InChI=1S/C24H29N3O3S2/c1-4-30-23-12-9-20(27-15-17(2)25-18(3)16-27)14-22(23)26-32(28,29)21-10-7-19(8-11-21)24-6-5-13-31-24/h5-14,17-18,25-26H,4,15-16H2,1-3H3/t17-,18+. The van der Waals surface area contributed by atoms with Crippen LogP contribution < -0.4 is 19.7 Å². The fourth-order valence-corrected chi connectivity index (χ4v) is 5.85. The van der Waals surface area contributed by atoms with E-state index in [0.717, 1.165) is 29.2 Å². The van der Waals surface area contributed by atoms with Gasteiger partial charge in [0.2, 0.25) is 0 Å². The van der Waals surface area contributed by atoms with Crippen molar-refractivity contribution in [3.8, 4) is 16.2 Å². The van der Waals surface area contributed by atoms with Gasteiger partial charge in [-0.05, 0) is 68.1 Å². The number of sulfonamides is 1. The topological polar surface area (TPSA) is 70.7 Å². The van der Waals surface area contributed by atoms with Crippen LogP contribution in [0.5, 0.6) is 5.75 Å². The average Bonchev–Trinajstić information content (AvgIpc) is 3.29. The molecule has 0 saturated carbocycles. The fraction of sp³-hybridized carbons (Fsp3) is 0.333. The van der Waals surface area contributed by atoms with Crippen LogP contribution in [0, 0.1) is 0 Å². The molecular formula is C24H29N3O3S2. The number of rotatable bonds is 7. The van der Waals surface area contributed by atoms with Crippen LogP contribution >= 0.6 is 11.3 Å². The number of nitrogens with zero attached hydrogens (tertiary/aromatic N) is 1. The molecule has 4 rings (SSSR count). The lowest BCUT2D eigenvalue weighted by Gasteiger charge is -2.38. The van der Waals surface area contributed by atoms with E-state index >= 15 is 0 Å². The van der Waals surface area contributed by atoms with Crippen molar-refractivity contribution in [2.45, 2.75) is 37.8 Å². The SMILES string of the molecule is CCOc1ccc(N2C[C@@H](C)N[C@@H](C)C2)cc1NS(=O)(=O)c1ccc(-c2cccs2)cc1. The zero-order chi connectivity index (χ0) is 22.7. The third-order valence-corrected chi connectivity index (χ3v) is 7.70. The van der Waals surface area contributed by atoms with Crippen molar-refractivity contribution >= 4 is 32.7 Å². The minimum atomic E-state index is -3.77. The van der Waals surface area contributed by atoms with Crippen molar-refractivity contribution in [3.05, 3.63) is 60.0 Å². The number of ether oxygens (including phenoxy) is 1. The van der Waals surface area contributed by atoms with Gasteiger partial charge < -0.3 is 15.0 Å². The van der Waals surface area contributed by atoms with Gasteiger partial charge in [-0.25, -0.2) is 8.42 Å². The van der Waals surface area contributed by atoms with E-state index in [2.05, 4.69) is 28.8 Å². The highest BCUT2D eigenvalue weighted by Gasteiger charge is 2.23. The number of thiophene rings is 1. The summed E-state index contributed by atoms with van der Waals surface area (Å²) < 4.78 is 34.8. The number of benzene rings is 2. The first-order chi connectivity index (χ1) is 15.4. The van der Waals surface area contributed by atoms with Gasteiger partial charge >= 0.3 is 0 Å². The zero-order valence-corrected chi connectivity index (χ0v) is 20.2. The van der Waals surface area contributed by atoms with Crippen molar-refractivity contribution in [2.24, 2.45) is 0 Å². The Balaban J connectivity index is 1.61. The molecule has 0 unspecified atom stereocenters. The minimum Gasteiger partial charge on any atom is -0.492 e. The summed E-state index contributed by atoms with van der Waals surface area (Å²) in [7, 11) is -3.77. The van der Waals surface area contributed by atoms with Crippen LogP contribution in [0.25, 0.3) is 10.4 Å². The molecule has 0 spiro atoms. The number of piperazine rings is 1. The van der Waals surface area contributed by atoms with Crippen LogP contribution in [0.4, 0.5) is 11.4 Å². The van der Waals surface area contributed by atoms with Gasteiger partial charge in [-0.2, -0.15) is 0 Å². The second-order valence-electron chi connectivity index (χ2n) is 8.09. The molecule has 1 saturated heterocycles. The van der Waals surface area contributed by atoms with Gasteiger partial charge in [0.1, 0.15) is 5.75 Å². The number of hydrogen-bond acceptors (Lipinski definition) is 6. The quantitative estimate of drug-likeness (QED) is 0.518. The number of hydrogen-bond donors (Lipinski definition) is 2. The van der Waals surface area contributed by atoms with E-state index < -0.39 is 10.0 Å². The van der Waals surface area contributed by atoms with E-state index in [0.29, 0.717) is 30.1 Å². The third-order valence-electron chi connectivity index (χ3n) is 5.40. The summed E-state index contributed by atoms with van der Waals surface area (Å²) in [4.78, 5) is 3.60. The minimum absolute atomic E-state index is 0.218. The molecule has 2 atom stereocenters. The van der Waals surface area contributed by atoms with Crippen LogP contribution in [0.2, 0.25) is 0 Å². The normalized spacial score (nSPS) is 19.0. The zero-order valence-electron chi connectivity index (χ0n) is 18.5. The Bertz CT molecular complexity index is 1140. The second-order valence-corrected chi connectivity index (χ2v) is 10.7. The van der Waals surface area contributed by atoms with Crippen LogP contribution in [0.15, 0.2) is 64.9 Å². The van der Waals surface area contributed by atoms with Gasteiger partial charge in [-0.15, -0.1) is 11.3 Å². The molecule has 32 heavy (non-hydrogen) atoms. The van der Waals surface area contributed by atoms with E-state index in [9.17, 15) is 8.42 Å². The summed E-state index contributed by atoms with van der Waals surface area (Å²) in [5.41, 5.74) is 2.42. The summed E-state index contributed by atoms with van der Waals surface area (Å²) in [5, 5.41) is 5.53. The Morgan fingerprint density at radius 2 is 1.81 bits per heavy atom. The molecule has 2 heterocycles. The Morgan fingerprint density at radius 3 is 2.44 bits per heavy atom. The van der Waals surface area contributed by atoms with Crippen molar-refractivity contribution in [3.63, 3.8) is 0 Å². The van der Waals surface area contributed by atoms with Crippen LogP contribution in [0.3, 0.4) is 0 Å². The Labute approximate surface area is 194 Å². The van der Waals surface area contributed by atoms with E-state index in [1.807, 2.05) is 54.8 Å². The smallest absolute Gasteiger partial charge is 0.262 e. The molecule has 3 aromatic rings. The van der Waals surface area contributed by atoms with Gasteiger partial charge in [0.15, 0.2) is 0 Å². The Kier molecular flexibility index (Phi) is 6.74. The van der Waals surface area contributed by atoms with E-state index in [4.69, 9.17) is 4.74 Å². The maximum Gasteiger partial charge on any atom is 0.262 e. The summed E-state index contributed by atoms with van der Waals surface area (Å²) >= 11 is 1.62. The van der Waals surface area contributed by atoms with Gasteiger partial charge in [0.05, 0.1) is 17.2 Å². The van der Waals surface area contributed by atoms with E-state index in [-0.39, 0.29) is 4.90 Å². The predicted molar refractivity (Wildman–Crippen MR) is 132 cm³/mol. The summed E-state index contributed by atoms with van der Waals surface area (Å²) in [6.07, 6.45) is 0. The maximum atomic E-state index is 13.2. The summed E-state index contributed by atoms with van der Waals surface area (Å²) in [6.45, 7) is 8.35. The predicted octanol–water partition coefficient (Wildman–Crippen LogP) is 4.80. The van der Waals surface area contributed by atoms with E-state index in [1.54, 1.807) is 23.5 Å². The molecule has 2 N–H and O–H groups in total. The highest BCUT2D eigenvalue weighted by Crippen LogP contribution is 2.33. The van der Waals surface area contributed by atoms with Crippen molar-refractivity contribution in [2.75, 3.05) is 29.3 Å². The van der Waals surface area contributed by atoms with Crippen LogP contribution in [-0.2, 0) is 10.0 Å². The number of anilines is 2. The fourth-order valence-electron chi connectivity index (χ4n) is 4.06. The van der Waals surface area contributed by atoms with Gasteiger partial charge in [0, 0.05) is 35.7 Å². The first-order valence-corrected chi connectivity index (χ1v) is 13.2. The lowest BCUT2D eigenvalue weighted by atomic mass is 10.1. The number of nitrogens with one attached hydrogen (secondary N) is 2. The Morgan fingerprint density at radius 1 is 1.09 bits per heavy atom. The average molecular weight is 472 g/mol. The summed E-state index contributed by atoms with van der Waals surface area (Å²) in [6, 6.07) is 17.4. The molecule has 170 valence electrons. The van der Waals surface area contributed by atoms with Crippen LogP contribution in [-0.4, -0.2) is 40.2 Å². The molecule has 8 heteroatoms. The molecule has 1 aliphatic heterocycles. The highest BCUT2D eigenvalue weighted by molar-refractivity contribution is 7.92. The van der Waals surface area contributed by atoms with Crippen molar-refractivity contribution in [1.82, 2.24) is 5.32 Å². The third kappa shape index (κ3) is 5.09. The molecule has 6 nitrogen and oxygen atoms in total. The maximum absolute atomic E-state index is 13.2. The van der Waals surface area contributed by atoms with Gasteiger partial charge in [0.25, 0.3) is 10.0 Å². The lowest BCUT2D eigenvalue weighted by Crippen LogP contribution is -2.54. The largest absolute Gasteiger partial charge is 0.492 e. The molecule has 0 amide bonds. The van der Waals surface area contributed by atoms with E-state index in [1.165, 1.54) is 0 Å².